The van der Waals surface area contributed by atoms with Gasteiger partial charge < -0.3 is 14.9 Å². The van der Waals surface area contributed by atoms with Gasteiger partial charge in [0.2, 0.25) is 6.10 Å². The fourth-order valence-corrected chi connectivity index (χ4v) is 3.69. The van der Waals surface area contributed by atoms with Crippen molar-refractivity contribution >= 4 is 40.6 Å². The average Bonchev–Trinajstić information content (AvgIpc) is 3.37. The van der Waals surface area contributed by atoms with Crippen LogP contribution in [0.3, 0.4) is 0 Å². The van der Waals surface area contributed by atoms with Crippen molar-refractivity contribution in [3.63, 3.8) is 0 Å². The summed E-state index contributed by atoms with van der Waals surface area (Å²) in [4.78, 5) is 18.0. The molecule has 4 rings (SSSR count). The van der Waals surface area contributed by atoms with Gasteiger partial charge in [-0.3, -0.25) is 9.48 Å². The molecule has 1 aliphatic heterocycles. The Kier molecular flexibility index (Phi) is 6.15. The molecule has 1 amide bonds. The van der Waals surface area contributed by atoms with Crippen LogP contribution < -0.4 is 10.1 Å². The summed E-state index contributed by atoms with van der Waals surface area (Å²) in [6, 6.07) is 14.6. The van der Waals surface area contributed by atoms with Gasteiger partial charge in [0.25, 0.3) is 5.91 Å². The normalized spacial score (nSPS) is 15.4. The number of methoxy groups -OCH3 is 1. The highest BCUT2D eigenvalue weighted by molar-refractivity contribution is 6.35. The van der Waals surface area contributed by atoms with Gasteiger partial charge in [0.15, 0.2) is 5.82 Å². The van der Waals surface area contributed by atoms with Gasteiger partial charge in [-0.05, 0) is 54.4 Å². The number of nitrogens with zero attached hydrogens (tertiary/aromatic N) is 3. The number of carbonyl (C=O) groups excluding carboxylic acids is 1. The van der Waals surface area contributed by atoms with Gasteiger partial charge in [-0.25, -0.2) is 0 Å². The molecule has 2 aromatic carbocycles. The lowest BCUT2D eigenvalue weighted by atomic mass is 10.0. The molecule has 0 fully saturated rings. The Labute approximate surface area is 189 Å². The predicted octanol–water partition coefficient (Wildman–Crippen LogP) is 4.69. The number of hydrogen-bond acceptors (Lipinski definition) is 5. The predicted molar refractivity (Wildman–Crippen MR) is 120 cm³/mol. The molecule has 0 aliphatic carbocycles. The third-order valence-electron chi connectivity index (χ3n) is 4.95. The number of oxime groups is 1. The highest BCUT2D eigenvalue weighted by Gasteiger charge is 2.29. The second-order valence-electron chi connectivity index (χ2n) is 7.12. The molecule has 0 saturated carbocycles. The lowest BCUT2D eigenvalue weighted by molar-refractivity contribution is -0.125. The summed E-state index contributed by atoms with van der Waals surface area (Å²) in [6.07, 6.45) is -0.341. The van der Waals surface area contributed by atoms with Crippen molar-refractivity contribution < 1.29 is 14.4 Å². The van der Waals surface area contributed by atoms with Crippen molar-refractivity contribution in [2.24, 2.45) is 5.16 Å². The zero-order chi connectivity index (χ0) is 22.0. The number of carbonyl (C=O) groups is 1. The van der Waals surface area contributed by atoms with Crippen molar-refractivity contribution in [3.8, 4) is 5.75 Å². The summed E-state index contributed by atoms with van der Waals surface area (Å²) in [7, 11) is 1.61. The van der Waals surface area contributed by atoms with E-state index in [0.29, 0.717) is 34.5 Å². The van der Waals surface area contributed by atoms with E-state index in [1.165, 1.54) is 0 Å². The van der Waals surface area contributed by atoms with Crippen molar-refractivity contribution in [1.29, 1.82) is 0 Å². The minimum atomic E-state index is -0.715. The van der Waals surface area contributed by atoms with Gasteiger partial charge in [0, 0.05) is 28.2 Å². The molecule has 1 aliphatic rings. The molecule has 0 saturated heterocycles. The molecule has 1 atom stereocenters. The summed E-state index contributed by atoms with van der Waals surface area (Å²) in [5.74, 6) is 0.888. The van der Waals surface area contributed by atoms with E-state index in [1.807, 2.05) is 37.3 Å². The van der Waals surface area contributed by atoms with Gasteiger partial charge in [-0.2, -0.15) is 5.10 Å². The van der Waals surface area contributed by atoms with Gasteiger partial charge in [0.1, 0.15) is 5.75 Å². The van der Waals surface area contributed by atoms with Crippen molar-refractivity contribution in [1.82, 2.24) is 9.78 Å². The first-order valence-electron chi connectivity index (χ1n) is 9.59. The highest BCUT2D eigenvalue weighted by Crippen LogP contribution is 2.23. The first-order valence-corrected chi connectivity index (χ1v) is 10.3. The van der Waals surface area contributed by atoms with Crippen LogP contribution in [0.15, 0.2) is 53.7 Å². The molecule has 160 valence electrons. The topological polar surface area (TPSA) is 77.7 Å². The van der Waals surface area contributed by atoms with E-state index in [9.17, 15) is 4.79 Å². The lowest BCUT2D eigenvalue weighted by Gasteiger charge is -2.08. The zero-order valence-corrected chi connectivity index (χ0v) is 18.4. The van der Waals surface area contributed by atoms with Crippen molar-refractivity contribution in [2.45, 2.75) is 26.0 Å². The molecule has 3 aromatic rings. The minimum absolute atomic E-state index is 0.304. The fourth-order valence-electron chi connectivity index (χ4n) is 3.22. The van der Waals surface area contributed by atoms with Crippen LogP contribution in [0.4, 0.5) is 5.82 Å². The van der Waals surface area contributed by atoms with Crippen LogP contribution in [-0.4, -0.2) is 34.6 Å². The molecule has 0 radical (unpaired) electrons. The number of ether oxygens (including phenoxy) is 1. The maximum atomic E-state index is 12.6. The summed E-state index contributed by atoms with van der Waals surface area (Å²) in [6.45, 7) is 2.37. The summed E-state index contributed by atoms with van der Waals surface area (Å²) >= 11 is 12.2. The maximum Gasteiger partial charge on any atom is 0.269 e. The number of benzene rings is 2. The number of anilines is 1. The van der Waals surface area contributed by atoms with Crippen molar-refractivity contribution in [3.05, 3.63) is 75.4 Å². The monoisotopic (exact) mass is 458 g/mol. The van der Waals surface area contributed by atoms with Gasteiger partial charge in [-0.1, -0.05) is 34.4 Å². The first kappa shape index (κ1) is 21.2. The number of aryl methyl sites for hydroxylation is 1. The molecule has 1 aromatic heterocycles. The molecular formula is C22H20Cl2N4O3. The Bertz CT molecular complexity index is 1140. The van der Waals surface area contributed by atoms with Crippen LogP contribution in [0.5, 0.6) is 5.75 Å². The fraction of sp³-hybridized carbons (Fsp3) is 0.227. The molecule has 1 unspecified atom stereocenters. The SMILES string of the molecule is COc1ccc(C2=NOC(C(=O)Nc3cc(C)n(Cc4ccc(Cl)cc4Cl)n3)C2)cc1. The molecular weight excluding hydrogens is 439 g/mol. The number of halogens is 2. The minimum Gasteiger partial charge on any atom is -0.497 e. The highest BCUT2D eigenvalue weighted by atomic mass is 35.5. The molecule has 0 bridgehead atoms. The second kappa shape index (κ2) is 8.99. The second-order valence-corrected chi connectivity index (χ2v) is 7.96. The van der Waals surface area contributed by atoms with Crippen LogP contribution in [0.25, 0.3) is 0 Å². The molecule has 31 heavy (non-hydrogen) atoms. The van der Waals surface area contributed by atoms with Gasteiger partial charge >= 0.3 is 0 Å². The largest absolute Gasteiger partial charge is 0.497 e. The zero-order valence-electron chi connectivity index (χ0n) is 16.9. The summed E-state index contributed by atoms with van der Waals surface area (Å²) in [5.41, 5.74) is 3.36. The van der Waals surface area contributed by atoms with Crippen LogP contribution >= 0.6 is 23.2 Å². The van der Waals surface area contributed by atoms with Crippen LogP contribution in [0.1, 0.15) is 23.2 Å². The van der Waals surface area contributed by atoms with E-state index in [0.717, 1.165) is 22.6 Å². The van der Waals surface area contributed by atoms with E-state index >= 15 is 0 Å². The van der Waals surface area contributed by atoms with Crippen LogP contribution in [-0.2, 0) is 16.2 Å². The number of aromatic nitrogens is 2. The van der Waals surface area contributed by atoms with E-state index in [1.54, 1.807) is 30.0 Å². The smallest absolute Gasteiger partial charge is 0.269 e. The van der Waals surface area contributed by atoms with Gasteiger partial charge in [-0.15, -0.1) is 0 Å². The molecule has 9 heteroatoms. The molecule has 0 spiro atoms. The maximum absolute atomic E-state index is 12.6. The average molecular weight is 459 g/mol. The van der Waals surface area contributed by atoms with E-state index in [-0.39, 0.29) is 5.91 Å². The number of amides is 1. The molecule has 1 N–H and O–H groups in total. The Morgan fingerprint density at radius 2 is 2.00 bits per heavy atom. The lowest BCUT2D eigenvalue weighted by Crippen LogP contribution is -2.28. The Balaban J connectivity index is 1.38. The van der Waals surface area contributed by atoms with E-state index in [2.05, 4.69) is 15.6 Å². The van der Waals surface area contributed by atoms with Crippen LogP contribution in [0.2, 0.25) is 10.0 Å². The first-order chi connectivity index (χ1) is 14.9. The molecule has 2 heterocycles. The Morgan fingerprint density at radius 1 is 1.23 bits per heavy atom. The third kappa shape index (κ3) is 4.84. The standard InChI is InChI=1S/C22H20Cl2N4O3/c1-13-9-21(26-28(13)12-15-3-6-16(23)10-18(15)24)25-22(29)20-11-19(27-31-20)14-4-7-17(30-2)8-5-14/h3-10,20H,11-12H2,1-2H3,(H,25,26,29). The summed E-state index contributed by atoms with van der Waals surface area (Å²) < 4.78 is 6.92. The number of rotatable bonds is 6. The summed E-state index contributed by atoms with van der Waals surface area (Å²) in [5, 5.41) is 12.5. The third-order valence-corrected chi connectivity index (χ3v) is 5.54. The van der Waals surface area contributed by atoms with Gasteiger partial charge in [0.05, 0.1) is 19.4 Å². The molecule has 7 nitrogen and oxygen atoms in total. The van der Waals surface area contributed by atoms with E-state index in [4.69, 9.17) is 32.8 Å². The van der Waals surface area contributed by atoms with Crippen LogP contribution in [0, 0.1) is 6.92 Å². The Hall–Kier alpha value is -3.03. The quantitative estimate of drug-likeness (QED) is 0.581. The number of nitrogens with one attached hydrogen (secondary N) is 1. The van der Waals surface area contributed by atoms with E-state index < -0.39 is 6.10 Å². The number of hydrogen-bond donors (Lipinski definition) is 1. The Morgan fingerprint density at radius 3 is 2.71 bits per heavy atom. The van der Waals surface area contributed by atoms with Crippen molar-refractivity contribution in [2.75, 3.05) is 12.4 Å².